The number of fused-ring (bicyclic) bond motifs is 4. The third-order valence-corrected chi connectivity index (χ3v) is 8.25. The molecule has 0 bridgehead atoms. The second-order valence-electron chi connectivity index (χ2n) is 11.0. The summed E-state index contributed by atoms with van der Waals surface area (Å²) in [5.74, 6) is 0. The summed E-state index contributed by atoms with van der Waals surface area (Å²) in [4.78, 5) is 0. The fourth-order valence-electron chi connectivity index (χ4n) is 6.12. The smallest absolute Gasteiger partial charge is 0.0622 e. The Morgan fingerprint density at radius 2 is 0.654 bits per heavy atom. The average molecular weight is 693 g/mol. The molecule has 0 aromatic heterocycles. The van der Waals surface area contributed by atoms with Crippen LogP contribution in [-0.4, -0.2) is 0 Å². The van der Waals surface area contributed by atoms with Crippen LogP contribution in [-0.2, 0) is 0 Å². The first-order valence-corrected chi connectivity index (χ1v) is 15.2. The number of benzene rings is 10. The van der Waals surface area contributed by atoms with E-state index in [9.17, 15) is 26.0 Å². The predicted octanol–water partition coefficient (Wildman–Crippen LogP) is 14.6. The van der Waals surface area contributed by atoms with Crippen LogP contribution in [0, 0.1) is 0 Å². The zero-order valence-electron chi connectivity index (χ0n) is 60.0. The summed E-state index contributed by atoms with van der Waals surface area (Å²) in [6.45, 7) is 0. The van der Waals surface area contributed by atoms with Crippen molar-refractivity contribution in [3.63, 3.8) is 0 Å². The summed E-state index contributed by atoms with van der Waals surface area (Å²) in [6, 6.07) is -37.6. The van der Waals surface area contributed by atoms with Gasteiger partial charge in [0.1, 0.15) is 0 Å². The van der Waals surface area contributed by atoms with Crippen LogP contribution < -0.4 is 0 Å². The molecule has 0 heterocycles. The number of hydrogen-bond donors (Lipinski definition) is 0. The van der Waals surface area contributed by atoms with E-state index in [1.165, 1.54) is 0 Å². The van der Waals surface area contributed by atoms with E-state index in [1.54, 1.807) is 0 Å². The molecule has 10 aromatic carbocycles. The van der Waals surface area contributed by atoms with Crippen molar-refractivity contribution in [3.05, 3.63) is 205 Å². The molecule has 0 atom stereocenters. The standard InChI is InChI=1S/C52H34/c1-3-17-36(18-4-1)41-27-14-28-42(37-19-5-2-6-20-37)51(41)52-48-24-11-9-22-46(48)50(47-23-10-12-25-49(47)52)45-31-15-29-43-40(26-13-30-44(43)45)39-33-32-35-16-7-8-21-38(35)34-39/h1-34H/i1D,2D,3D,4D,5D,6D,7D,8D,9D,10D,11D,12D,13D,14D,15D,16D,17D,18D,19D,20D,21D,22D,23D,24D,25D,26D,27D,28D,29D,30D,31D,32D,33D,34D. The predicted molar refractivity (Wildman–Crippen MR) is 224 cm³/mol. The molecule has 0 spiro atoms. The van der Waals surface area contributed by atoms with Crippen LogP contribution in [0.5, 0.6) is 0 Å². The van der Waals surface area contributed by atoms with Crippen molar-refractivity contribution in [1.29, 1.82) is 0 Å². The van der Waals surface area contributed by atoms with Crippen LogP contribution in [0.1, 0.15) is 46.6 Å². The fraction of sp³-hybridized carbons (Fsp3) is 0. The van der Waals surface area contributed by atoms with Crippen molar-refractivity contribution in [1.82, 2.24) is 0 Å². The van der Waals surface area contributed by atoms with Crippen LogP contribution in [0.25, 0.3) is 98.7 Å². The molecule has 52 heavy (non-hydrogen) atoms. The summed E-state index contributed by atoms with van der Waals surface area (Å²) in [7, 11) is 0. The topological polar surface area (TPSA) is 0 Å². The Hall–Kier alpha value is -6.76. The van der Waals surface area contributed by atoms with E-state index in [0.717, 1.165) is 0 Å². The lowest BCUT2D eigenvalue weighted by molar-refractivity contribution is 1.58. The third kappa shape index (κ3) is 4.92. The third-order valence-electron chi connectivity index (χ3n) is 8.25. The highest BCUT2D eigenvalue weighted by Crippen LogP contribution is 2.50. The van der Waals surface area contributed by atoms with Crippen LogP contribution in [0.2, 0.25) is 0 Å². The summed E-state index contributed by atoms with van der Waals surface area (Å²) >= 11 is 0. The van der Waals surface area contributed by atoms with E-state index in [-0.39, 0.29) is 0 Å². The lowest BCUT2D eigenvalue weighted by Crippen LogP contribution is -1.95. The monoisotopic (exact) mass is 692 g/mol. The molecule has 0 saturated carbocycles. The Morgan fingerprint density at radius 3 is 1.25 bits per heavy atom. The van der Waals surface area contributed by atoms with Gasteiger partial charge in [-0.1, -0.05) is 199 Å². The van der Waals surface area contributed by atoms with Crippen LogP contribution in [0.4, 0.5) is 0 Å². The van der Waals surface area contributed by atoms with E-state index in [2.05, 4.69) is 0 Å². The maximum Gasteiger partial charge on any atom is 0.0636 e. The molecule has 0 aliphatic carbocycles. The molecular weight excluding hydrogens is 625 g/mol. The first-order chi connectivity index (χ1) is 40.0. The molecule has 0 N–H and O–H groups in total. The van der Waals surface area contributed by atoms with Gasteiger partial charge < -0.3 is 0 Å². The molecule has 10 rings (SSSR count). The van der Waals surface area contributed by atoms with Crippen molar-refractivity contribution < 1.29 is 46.6 Å². The Kier molecular flexibility index (Phi) is 2.74. The molecule has 0 fully saturated rings. The minimum atomic E-state index is -1.22. The van der Waals surface area contributed by atoms with Crippen molar-refractivity contribution in [2.45, 2.75) is 0 Å². The highest BCUT2D eigenvalue weighted by molar-refractivity contribution is 6.25. The highest BCUT2D eigenvalue weighted by Gasteiger charge is 2.22. The number of hydrogen-bond acceptors (Lipinski definition) is 0. The largest absolute Gasteiger partial charge is 0.0636 e. The van der Waals surface area contributed by atoms with Gasteiger partial charge in [-0.15, -0.1) is 0 Å². The van der Waals surface area contributed by atoms with E-state index in [0.29, 0.717) is 0 Å². The molecule has 0 radical (unpaired) electrons. The number of rotatable bonds is 5. The maximum absolute atomic E-state index is 9.82. The Bertz CT molecular complexity index is 4670. The van der Waals surface area contributed by atoms with Gasteiger partial charge in [0, 0.05) is 0 Å². The van der Waals surface area contributed by atoms with Crippen molar-refractivity contribution in [2.24, 2.45) is 0 Å². The van der Waals surface area contributed by atoms with E-state index < -0.39 is 304 Å². The van der Waals surface area contributed by atoms with E-state index >= 15 is 0 Å². The minimum Gasteiger partial charge on any atom is -0.0622 e. The van der Waals surface area contributed by atoms with Gasteiger partial charge in [-0.3, -0.25) is 0 Å². The van der Waals surface area contributed by atoms with Crippen LogP contribution in [0.3, 0.4) is 0 Å². The van der Waals surface area contributed by atoms with Gasteiger partial charge in [-0.05, 0) is 105 Å². The second kappa shape index (κ2) is 12.5. The van der Waals surface area contributed by atoms with Gasteiger partial charge >= 0.3 is 0 Å². The summed E-state index contributed by atoms with van der Waals surface area (Å²) in [5.41, 5.74) is -9.89. The van der Waals surface area contributed by atoms with E-state index in [4.69, 9.17) is 20.6 Å². The minimum absolute atomic E-state index is 0.631. The molecule has 0 nitrogen and oxygen atoms in total. The van der Waals surface area contributed by atoms with Gasteiger partial charge in [0.25, 0.3) is 0 Å². The molecule has 0 unspecified atom stereocenters. The molecule has 0 aliphatic rings. The Balaban J connectivity index is 1.61. The molecule has 0 saturated heterocycles. The average Bonchev–Trinajstić information content (AvgIpc) is 0.751. The lowest BCUT2D eigenvalue weighted by Gasteiger charge is -2.23. The zero-order chi connectivity index (χ0) is 64.0. The molecule has 0 aliphatic heterocycles. The summed E-state index contributed by atoms with van der Waals surface area (Å²) in [6.07, 6.45) is 0. The highest BCUT2D eigenvalue weighted by atomic mass is 14.3. The van der Waals surface area contributed by atoms with Gasteiger partial charge in [0.2, 0.25) is 0 Å². The van der Waals surface area contributed by atoms with Crippen molar-refractivity contribution in [3.8, 4) is 55.6 Å². The molecular formula is C52H34. The molecule has 242 valence electrons. The summed E-state index contributed by atoms with van der Waals surface area (Å²) in [5, 5.41) is -7.09. The quantitative estimate of drug-likeness (QED) is 0.158. The molecule has 0 heteroatoms. The zero-order valence-corrected chi connectivity index (χ0v) is 26.0. The normalized spacial score (nSPS) is 20.6. The van der Waals surface area contributed by atoms with Crippen molar-refractivity contribution >= 4 is 43.1 Å². The van der Waals surface area contributed by atoms with Gasteiger partial charge in [-0.2, -0.15) is 0 Å². The SMILES string of the molecule is [2H]c1c([2H])c([2H])c(-c2c([2H])c([2H])c([2H])c(-c3c([2H])c([2H])c([2H])c([2H])c3[2H])c2-c2c3c([2H])c([2H])c([2H])c([2H])c3c(-c3c([2H])c([2H])c([2H])c4c(-c5c([2H])c([2H])c6c([2H])c([2H])c([2H])c([2H])c6c5[2H])c([2H])c([2H])c([2H])c34)c3c([2H])c([2H])c([2H])c([2H])c23)c([2H])c1[2H]. The van der Waals surface area contributed by atoms with Gasteiger partial charge in [-0.25, -0.2) is 0 Å². The first-order valence-electron chi connectivity index (χ1n) is 32.2. The lowest BCUT2D eigenvalue weighted by atomic mass is 9.80. The fourth-order valence-corrected chi connectivity index (χ4v) is 6.12. The van der Waals surface area contributed by atoms with Crippen molar-refractivity contribution in [2.75, 3.05) is 0 Å². The maximum atomic E-state index is 9.82. The Morgan fingerprint density at radius 1 is 0.231 bits per heavy atom. The Labute approximate surface area is 351 Å². The first kappa shape index (κ1) is 11.4. The van der Waals surface area contributed by atoms with Gasteiger partial charge in [0.05, 0.1) is 46.6 Å². The van der Waals surface area contributed by atoms with Crippen LogP contribution in [0.15, 0.2) is 205 Å². The molecule has 10 aromatic rings. The summed E-state index contributed by atoms with van der Waals surface area (Å²) < 4.78 is 311. The van der Waals surface area contributed by atoms with Gasteiger partial charge in [0.15, 0.2) is 0 Å². The second-order valence-corrected chi connectivity index (χ2v) is 11.0. The molecule has 0 amide bonds. The van der Waals surface area contributed by atoms with Crippen LogP contribution >= 0.6 is 0 Å². The van der Waals surface area contributed by atoms with E-state index in [1.807, 2.05) is 0 Å².